The summed E-state index contributed by atoms with van der Waals surface area (Å²) < 4.78 is 1.04. The van der Waals surface area contributed by atoms with Crippen LogP contribution < -0.4 is 10.6 Å². The highest BCUT2D eigenvalue weighted by Gasteiger charge is 2.31. The molecule has 2 aromatic carbocycles. The quantitative estimate of drug-likeness (QED) is 0.439. The molecule has 0 fully saturated rings. The number of rotatable bonds is 4. The van der Waals surface area contributed by atoms with Gasteiger partial charge in [-0.3, -0.25) is 14.9 Å². The number of anilines is 2. The van der Waals surface area contributed by atoms with Crippen molar-refractivity contribution in [3.63, 3.8) is 0 Å². The number of nitrogens with zero attached hydrogens (tertiary/aromatic N) is 2. The standard InChI is InChI=1S/C23H20N4O2S2/c1-13-9-11-14(12-10-13)20(28)26-23-25-19-15(5-4-8-18(19)31-23)21(29)27-22-24-16-6-2-3-7-17(16)30-22/h2-3,6-7,9-12,15H,4-5,8H2,1H3,(H,24,27,29)(H,25,26,28). The third-order valence-electron chi connectivity index (χ3n) is 5.33. The molecule has 8 heteroatoms. The molecular weight excluding hydrogens is 428 g/mol. The van der Waals surface area contributed by atoms with Crippen LogP contribution in [0.15, 0.2) is 48.5 Å². The second-order valence-electron chi connectivity index (χ2n) is 7.57. The van der Waals surface area contributed by atoms with Crippen molar-refractivity contribution in [2.45, 2.75) is 32.1 Å². The van der Waals surface area contributed by atoms with E-state index in [0.29, 0.717) is 15.8 Å². The third kappa shape index (κ3) is 4.08. The number of benzene rings is 2. The molecule has 1 aliphatic rings. The number of aryl methyl sites for hydroxylation is 2. The molecule has 31 heavy (non-hydrogen) atoms. The van der Waals surface area contributed by atoms with Crippen LogP contribution in [0.3, 0.4) is 0 Å². The van der Waals surface area contributed by atoms with Gasteiger partial charge in [0.25, 0.3) is 5.91 Å². The van der Waals surface area contributed by atoms with Crippen molar-refractivity contribution in [1.29, 1.82) is 0 Å². The zero-order chi connectivity index (χ0) is 21.4. The Morgan fingerprint density at radius 2 is 1.74 bits per heavy atom. The number of hydrogen-bond acceptors (Lipinski definition) is 6. The fraction of sp³-hybridized carbons (Fsp3) is 0.217. The van der Waals surface area contributed by atoms with E-state index in [9.17, 15) is 9.59 Å². The monoisotopic (exact) mass is 448 g/mol. The summed E-state index contributed by atoms with van der Waals surface area (Å²) in [6, 6.07) is 15.2. The Morgan fingerprint density at radius 1 is 0.968 bits per heavy atom. The third-order valence-corrected chi connectivity index (χ3v) is 7.33. The van der Waals surface area contributed by atoms with Gasteiger partial charge in [-0.05, 0) is 50.5 Å². The number of fused-ring (bicyclic) bond motifs is 2. The molecule has 1 aliphatic carbocycles. The molecule has 156 valence electrons. The minimum Gasteiger partial charge on any atom is -0.301 e. The van der Waals surface area contributed by atoms with E-state index in [-0.39, 0.29) is 17.7 Å². The van der Waals surface area contributed by atoms with E-state index < -0.39 is 0 Å². The predicted octanol–water partition coefficient (Wildman–Crippen LogP) is 5.37. The molecule has 2 amide bonds. The van der Waals surface area contributed by atoms with Crippen molar-refractivity contribution in [3.05, 3.63) is 70.2 Å². The number of carbonyl (C=O) groups is 2. The van der Waals surface area contributed by atoms with E-state index in [1.165, 1.54) is 22.7 Å². The fourth-order valence-electron chi connectivity index (χ4n) is 3.72. The van der Waals surface area contributed by atoms with Crippen molar-refractivity contribution < 1.29 is 9.59 Å². The van der Waals surface area contributed by atoms with Crippen LogP contribution in [0.2, 0.25) is 0 Å². The SMILES string of the molecule is Cc1ccc(C(=O)Nc2nc3c(s2)CCCC3C(=O)Nc2nc3ccccc3s2)cc1. The summed E-state index contributed by atoms with van der Waals surface area (Å²) in [6.45, 7) is 1.98. The van der Waals surface area contributed by atoms with Crippen molar-refractivity contribution in [2.75, 3.05) is 10.6 Å². The van der Waals surface area contributed by atoms with E-state index in [4.69, 9.17) is 0 Å². The average Bonchev–Trinajstić information content (AvgIpc) is 3.36. The van der Waals surface area contributed by atoms with E-state index >= 15 is 0 Å². The summed E-state index contributed by atoms with van der Waals surface area (Å²) in [4.78, 5) is 35.8. The first-order valence-electron chi connectivity index (χ1n) is 10.1. The molecule has 1 unspecified atom stereocenters. The molecule has 0 spiro atoms. The number of aromatic nitrogens is 2. The largest absolute Gasteiger partial charge is 0.301 e. The van der Waals surface area contributed by atoms with E-state index in [1.807, 2.05) is 43.3 Å². The van der Waals surface area contributed by atoms with Gasteiger partial charge in [-0.2, -0.15) is 0 Å². The van der Waals surface area contributed by atoms with E-state index in [1.54, 1.807) is 12.1 Å². The highest BCUT2D eigenvalue weighted by Crippen LogP contribution is 2.38. The van der Waals surface area contributed by atoms with Crippen LogP contribution in [0.5, 0.6) is 0 Å². The van der Waals surface area contributed by atoms with Gasteiger partial charge in [0.2, 0.25) is 5.91 Å². The van der Waals surface area contributed by atoms with Crippen LogP contribution in [0, 0.1) is 6.92 Å². The van der Waals surface area contributed by atoms with Gasteiger partial charge in [0.05, 0.1) is 21.8 Å². The first-order valence-corrected chi connectivity index (χ1v) is 11.7. The Kier molecular flexibility index (Phi) is 5.25. The molecule has 4 aromatic rings. The molecule has 0 aliphatic heterocycles. The van der Waals surface area contributed by atoms with Gasteiger partial charge in [0.15, 0.2) is 10.3 Å². The van der Waals surface area contributed by atoms with E-state index in [0.717, 1.165) is 45.6 Å². The van der Waals surface area contributed by atoms with Crippen molar-refractivity contribution in [2.24, 2.45) is 0 Å². The topological polar surface area (TPSA) is 84.0 Å². The maximum absolute atomic E-state index is 13.0. The molecule has 2 aromatic heterocycles. The summed E-state index contributed by atoms with van der Waals surface area (Å²) in [5.74, 6) is -0.625. The molecule has 1 atom stereocenters. The van der Waals surface area contributed by atoms with Gasteiger partial charge in [-0.1, -0.05) is 41.2 Å². The lowest BCUT2D eigenvalue weighted by Gasteiger charge is -2.19. The summed E-state index contributed by atoms with van der Waals surface area (Å²) in [5, 5.41) is 6.99. The normalized spacial score (nSPS) is 15.5. The van der Waals surface area contributed by atoms with Gasteiger partial charge in [-0.25, -0.2) is 9.97 Å². The summed E-state index contributed by atoms with van der Waals surface area (Å²) in [7, 11) is 0. The van der Waals surface area contributed by atoms with E-state index in [2.05, 4.69) is 20.6 Å². The number of thiazole rings is 2. The van der Waals surface area contributed by atoms with Crippen molar-refractivity contribution >= 4 is 55.0 Å². The zero-order valence-electron chi connectivity index (χ0n) is 16.8. The first kappa shape index (κ1) is 19.8. The van der Waals surface area contributed by atoms with Gasteiger partial charge in [0, 0.05) is 10.4 Å². The zero-order valence-corrected chi connectivity index (χ0v) is 18.5. The molecular formula is C23H20N4O2S2. The van der Waals surface area contributed by atoms with Gasteiger partial charge < -0.3 is 5.32 Å². The average molecular weight is 449 g/mol. The maximum Gasteiger partial charge on any atom is 0.257 e. The summed E-state index contributed by atoms with van der Waals surface area (Å²) in [5.41, 5.74) is 3.34. The molecule has 2 heterocycles. The highest BCUT2D eigenvalue weighted by molar-refractivity contribution is 7.22. The molecule has 0 bridgehead atoms. The van der Waals surface area contributed by atoms with Crippen LogP contribution >= 0.6 is 22.7 Å². The maximum atomic E-state index is 13.0. The second-order valence-corrected chi connectivity index (χ2v) is 9.68. The van der Waals surface area contributed by atoms with Gasteiger partial charge >= 0.3 is 0 Å². The van der Waals surface area contributed by atoms with Gasteiger partial charge in [0.1, 0.15) is 0 Å². The Balaban J connectivity index is 1.33. The molecule has 0 saturated heterocycles. The molecule has 0 saturated carbocycles. The molecule has 6 nitrogen and oxygen atoms in total. The fourth-order valence-corrected chi connectivity index (χ4v) is 5.65. The Bertz CT molecular complexity index is 1240. The summed E-state index contributed by atoms with van der Waals surface area (Å²) >= 11 is 2.92. The Morgan fingerprint density at radius 3 is 2.55 bits per heavy atom. The van der Waals surface area contributed by atoms with Crippen LogP contribution in [-0.2, 0) is 11.2 Å². The highest BCUT2D eigenvalue weighted by atomic mass is 32.1. The number of carbonyl (C=O) groups excluding carboxylic acids is 2. The number of amides is 2. The minimum absolute atomic E-state index is 0.0956. The lowest BCUT2D eigenvalue weighted by atomic mass is 9.90. The minimum atomic E-state index is -0.336. The van der Waals surface area contributed by atoms with Crippen molar-refractivity contribution in [1.82, 2.24) is 9.97 Å². The van der Waals surface area contributed by atoms with Crippen LogP contribution in [-0.4, -0.2) is 21.8 Å². The lowest BCUT2D eigenvalue weighted by Crippen LogP contribution is -2.24. The number of para-hydroxylation sites is 1. The Labute approximate surface area is 187 Å². The van der Waals surface area contributed by atoms with Crippen LogP contribution in [0.25, 0.3) is 10.2 Å². The number of nitrogens with one attached hydrogen (secondary N) is 2. The second kappa shape index (κ2) is 8.20. The smallest absolute Gasteiger partial charge is 0.257 e. The lowest BCUT2D eigenvalue weighted by molar-refractivity contribution is -0.117. The van der Waals surface area contributed by atoms with Crippen molar-refractivity contribution in [3.8, 4) is 0 Å². The molecule has 2 N–H and O–H groups in total. The first-order chi connectivity index (χ1) is 15.1. The molecule has 5 rings (SSSR count). The Hall–Kier alpha value is -3.10. The predicted molar refractivity (Wildman–Crippen MR) is 125 cm³/mol. The van der Waals surface area contributed by atoms with Gasteiger partial charge in [-0.15, -0.1) is 11.3 Å². The van der Waals surface area contributed by atoms with Crippen LogP contribution in [0.1, 0.15) is 45.3 Å². The summed E-state index contributed by atoms with van der Waals surface area (Å²) in [6.07, 6.45) is 2.52. The molecule has 0 radical (unpaired) electrons. The van der Waals surface area contributed by atoms with Crippen LogP contribution in [0.4, 0.5) is 10.3 Å². The number of hydrogen-bond donors (Lipinski definition) is 2.